The molecule has 2 aromatic carbocycles. The van der Waals surface area contributed by atoms with Crippen LogP contribution in [0.2, 0.25) is 0 Å². The van der Waals surface area contributed by atoms with E-state index in [9.17, 15) is 9.59 Å². The number of carbonyl (C=O) groups is 2. The molecule has 22 heavy (non-hydrogen) atoms. The van der Waals surface area contributed by atoms with Crippen LogP contribution in [0.3, 0.4) is 0 Å². The van der Waals surface area contributed by atoms with Gasteiger partial charge in [-0.05, 0) is 42.5 Å². The van der Waals surface area contributed by atoms with Gasteiger partial charge in [0.2, 0.25) is 5.91 Å². The Morgan fingerprint density at radius 3 is 2.36 bits per heavy atom. The molecular weight excluding hydrogens is 280 g/mol. The minimum Gasteiger partial charge on any atom is -0.497 e. The summed E-state index contributed by atoms with van der Waals surface area (Å²) in [4.78, 5) is 25.1. The molecule has 114 valence electrons. The van der Waals surface area contributed by atoms with Gasteiger partial charge in [0.05, 0.1) is 7.11 Å². The predicted octanol–water partition coefficient (Wildman–Crippen LogP) is 2.93. The van der Waals surface area contributed by atoms with E-state index in [-0.39, 0.29) is 11.8 Å². The highest BCUT2D eigenvalue weighted by atomic mass is 16.5. The van der Waals surface area contributed by atoms with Gasteiger partial charge in [-0.25, -0.2) is 0 Å². The summed E-state index contributed by atoms with van der Waals surface area (Å²) in [6.07, 6.45) is 0. The lowest BCUT2D eigenvalue weighted by molar-refractivity contribution is -0.116. The molecule has 0 spiro atoms. The zero-order valence-corrected chi connectivity index (χ0v) is 12.8. The molecule has 0 aliphatic carbocycles. The van der Waals surface area contributed by atoms with Gasteiger partial charge in [-0.2, -0.15) is 0 Å². The number of nitrogens with one attached hydrogen (secondary N) is 1. The monoisotopic (exact) mass is 298 g/mol. The van der Waals surface area contributed by atoms with E-state index in [1.165, 1.54) is 11.8 Å². The van der Waals surface area contributed by atoms with Gasteiger partial charge in [-0.15, -0.1) is 0 Å². The molecule has 1 N–H and O–H groups in total. The van der Waals surface area contributed by atoms with Crippen molar-refractivity contribution in [2.24, 2.45) is 0 Å². The summed E-state index contributed by atoms with van der Waals surface area (Å²) in [5.74, 6) is 0.408. The number of hydrogen-bond donors (Lipinski definition) is 1. The molecule has 0 heterocycles. The Balaban J connectivity index is 2.14. The van der Waals surface area contributed by atoms with Crippen molar-refractivity contribution in [3.05, 3.63) is 54.1 Å². The maximum absolute atomic E-state index is 12.2. The van der Waals surface area contributed by atoms with Crippen LogP contribution in [0.4, 0.5) is 11.4 Å². The lowest BCUT2D eigenvalue weighted by atomic mass is 10.2. The van der Waals surface area contributed by atoms with Gasteiger partial charge in [-0.3, -0.25) is 9.59 Å². The van der Waals surface area contributed by atoms with Crippen LogP contribution in [0, 0.1) is 0 Å². The van der Waals surface area contributed by atoms with E-state index in [1.807, 2.05) is 6.07 Å². The second-order valence-corrected chi connectivity index (χ2v) is 4.81. The van der Waals surface area contributed by atoms with Crippen LogP contribution < -0.4 is 15.0 Å². The fourth-order valence-electron chi connectivity index (χ4n) is 1.92. The molecule has 0 saturated heterocycles. The first-order valence-electron chi connectivity index (χ1n) is 6.81. The highest BCUT2D eigenvalue weighted by Gasteiger charge is 2.09. The van der Waals surface area contributed by atoms with Crippen molar-refractivity contribution in [3.63, 3.8) is 0 Å². The lowest BCUT2D eigenvalue weighted by Gasteiger charge is -2.16. The van der Waals surface area contributed by atoms with Gasteiger partial charge < -0.3 is 15.0 Å². The zero-order chi connectivity index (χ0) is 16.1. The molecule has 0 atom stereocenters. The third-order valence-electron chi connectivity index (χ3n) is 3.32. The second-order valence-electron chi connectivity index (χ2n) is 4.81. The SMILES string of the molecule is COc1ccc(C(=O)Nc2cccc(N(C)C(C)=O)c2)cc1. The van der Waals surface area contributed by atoms with Crippen molar-refractivity contribution >= 4 is 23.2 Å². The molecule has 2 amide bonds. The van der Waals surface area contributed by atoms with Crippen LogP contribution in [0.25, 0.3) is 0 Å². The maximum Gasteiger partial charge on any atom is 0.255 e. The molecule has 0 fully saturated rings. The Labute approximate surface area is 129 Å². The van der Waals surface area contributed by atoms with Crippen molar-refractivity contribution in [2.45, 2.75) is 6.92 Å². The fraction of sp³-hybridized carbons (Fsp3) is 0.176. The number of anilines is 2. The van der Waals surface area contributed by atoms with Crippen LogP contribution in [0.5, 0.6) is 5.75 Å². The molecule has 0 aliphatic rings. The van der Waals surface area contributed by atoms with E-state index in [0.717, 1.165) is 5.69 Å². The minimum absolute atomic E-state index is 0.0707. The number of nitrogens with zero attached hydrogens (tertiary/aromatic N) is 1. The molecule has 0 bridgehead atoms. The van der Waals surface area contributed by atoms with Crippen molar-refractivity contribution in [1.29, 1.82) is 0 Å². The number of amides is 2. The van der Waals surface area contributed by atoms with E-state index < -0.39 is 0 Å². The Kier molecular flexibility index (Phi) is 4.78. The van der Waals surface area contributed by atoms with Crippen LogP contribution in [0.1, 0.15) is 17.3 Å². The Morgan fingerprint density at radius 1 is 1.09 bits per heavy atom. The van der Waals surface area contributed by atoms with Crippen LogP contribution in [0.15, 0.2) is 48.5 Å². The molecule has 0 saturated carbocycles. The summed E-state index contributed by atoms with van der Waals surface area (Å²) < 4.78 is 5.06. The van der Waals surface area contributed by atoms with Crippen molar-refractivity contribution < 1.29 is 14.3 Å². The standard InChI is InChI=1S/C17H18N2O3/c1-12(20)19(2)15-6-4-5-14(11-15)18-17(21)13-7-9-16(22-3)10-8-13/h4-11H,1-3H3,(H,18,21). The largest absolute Gasteiger partial charge is 0.497 e. The number of hydrogen-bond acceptors (Lipinski definition) is 3. The Bertz CT molecular complexity index is 681. The Morgan fingerprint density at radius 2 is 1.77 bits per heavy atom. The predicted molar refractivity (Wildman–Crippen MR) is 86.5 cm³/mol. The number of rotatable bonds is 4. The van der Waals surface area contributed by atoms with Gasteiger partial charge in [0, 0.05) is 30.9 Å². The summed E-state index contributed by atoms with van der Waals surface area (Å²) in [7, 11) is 3.26. The quantitative estimate of drug-likeness (QED) is 0.944. The Hall–Kier alpha value is -2.82. The molecule has 2 rings (SSSR count). The van der Waals surface area contributed by atoms with Crippen molar-refractivity contribution in [1.82, 2.24) is 0 Å². The molecule has 2 aromatic rings. The average molecular weight is 298 g/mol. The third-order valence-corrected chi connectivity index (χ3v) is 3.32. The summed E-state index contributed by atoms with van der Waals surface area (Å²) in [6, 6.07) is 14.0. The first kappa shape index (κ1) is 15.6. The maximum atomic E-state index is 12.2. The third kappa shape index (κ3) is 3.63. The van der Waals surface area contributed by atoms with Gasteiger partial charge in [0.1, 0.15) is 5.75 Å². The molecule has 5 nitrogen and oxygen atoms in total. The molecule has 0 aromatic heterocycles. The van der Waals surface area contributed by atoms with Crippen molar-refractivity contribution in [2.75, 3.05) is 24.4 Å². The minimum atomic E-state index is -0.217. The van der Waals surface area contributed by atoms with E-state index in [4.69, 9.17) is 4.74 Å². The summed E-state index contributed by atoms with van der Waals surface area (Å²) in [6.45, 7) is 1.49. The number of carbonyl (C=O) groups excluding carboxylic acids is 2. The molecule has 0 radical (unpaired) electrons. The van der Waals surface area contributed by atoms with Gasteiger partial charge >= 0.3 is 0 Å². The van der Waals surface area contributed by atoms with Gasteiger partial charge in [-0.1, -0.05) is 6.07 Å². The number of methoxy groups -OCH3 is 1. The van der Waals surface area contributed by atoms with Gasteiger partial charge in [0.25, 0.3) is 5.91 Å². The van der Waals surface area contributed by atoms with Crippen molar-refractivity contribution in [3.8, 4) is 5.75 Å². The number of benzene rings is 2. The van der Waals surface area contributed by atoms with E-state index >= 15 is 0 Å². The van der Waals surface area contributed by atoms with Crippen LogP contribution >= 0.6 is 0 Å². The van der Waals surface area contributed by atoms with E-state index in [1.54, 1.807) is 56.6 Å². The van der Waals surface area contributed by atoms with Gasteiger partial charge in [0.15, 0.2) is 0 Å². The first-order chi connectivity index (χ1) is 10.5. The number of ether oxygens (including phenoxy) is 1. The summed E-state index contributed by atoms with van der Waals surface area (Å²) in [5.41, 5.74) is 1.89. The molecule has 0 aliphatic heterocycles. The van der Waals surface area contributed by atoms with Crippen LogP contribution in [-0.4, -0.2) is 26.0 Å². The van der Waals surface area contributed by atoms with Crippen LogP contribution in [-0.2, 0) is 4.79 Å². The smallest absolute Gasteiger partial charge is 0.255 e. The summed E-state index contributed by atoms with van der Waals surface area (Å²) in [5, 5.41) is 2.81. The topological polar surface area (TPSA) is 58.6 Å². The second kappa shape index (κ2) is 6.76. The fourth-order valence-corrected chi connectivity index (χ4v) is 1.92. The highest BCUT2D eigenvalue weighted by Crippen LogP contribution is 2.19. The van der Waals surface area contributed by atoms with E-state index in [2.05, 4.69) is 5.32 Å². The molecular formula is C17H18N2O3. The molecule has 0 unspecified atom stereocenters. The average Bonchev–Trinajstić information content (AvgIpc) is 2.54. The molecule has 5 heteroatoms. The zero-order valence-electron chi connectivity index (χ0n) is 12.8. The first-order valence-corrected chi connectivity index (χ1v) is 6.81. The van der Waals surface area contributed by atoms with E-state index in [0.29, 0.717) is 17.0 Å². The summed E-state index contributed by atoms with van der Waals surface area (Å²) >= 11 is 0. The normalized spacial score (nSPS) is 9.95. The highest BCUT2D eigenvalue weighted by molar-refractivity contribution is 6.04. The lowest BCUT2D eigenvalue weighted by Crippen LogP contribution is -2.23.